The number of ether oxygens (including phenoxy) is 1. The lowest BCUT2D eigenvalue weighted by atomic mass is 10.0. The zero-order chi connectivity index (χ0) is 21.5. The molecule has 31 heavy (non-hydrogen) atoms. The Morgan fingerprint density at radius 2 is 2.03 bits per heavy atom. The predicted molar refractivity (Wildman–Crippen MR) is 121 cm³/mol. The zero-order valence-electron chi connectivity index (χ0n) is 16.1. The van der Waals surface area contributed by atoms with Gasteiger partial charge in [-0.05, 0) is 40.8 Å². The van der Waals surface area contributed by atoms with Gasteiger partial charge in [-0.25, -0.2) is 9.37 Å². The number of halogens is 3. The summed E-state index contributed by atoms with van der Waals surface area (Å²) in [7, 11) is 0. The second-order valence-electron chi connectivity index (χ2n) is 7.06. The number of fused-ring (bicyclic) bond motifs is 2. The predicted octanol–water partition coefficient (Wildman–Crippen LogP) is 6.63. The van der Waals surface area contributed by atoms with Crippen LogP contribution in [-0.4, -0.2) is 16.6 Å². The number of hydrogen-bond acceptors (Lipinski definition) is 4. The first-order valence-electron chi connectivity index (χ1n) is 9.51. The van der Waals surface area contributed by atoms with Crippen molar-refractivity contribution in [3.63, 3.8) is 0 Å². The fourth-order valence-corrected chi connectivity index (χ4v) is 4.17. The maximum atomic E-state index is 13.7. The van der Waals surface area contributed by atoms with E-state index in [0.717, 1.165) is 27.4 Å². The SMILES string of the molecule is Nc1ncc2c(-c3ccc4cc[nH]c4c3)coc2c1OCCc1c(Cl)ccc(F)c1Cl. The molecule has 5 aromatic rings. The maximum Gasteiger partial charge on any atom is 0.205 e. The van der Waals surface area contributed by atoms with Gasteiger partial charge >= 0.3 is 0 Å². The molecular formula is C23H16Cl2FN3O2. The first kappa shape index (κ1) is 19.7. The van der Waals surface area contributed by atoms with Gasteiger partial charge < -0.3 is 19.9 Å². The number of anilines is 1. The molecule has 0 atom stereocenters. The summed E-state index contributed by atoms with van der Waals surface area (Å²) < 4.78 is 25.4. The minimum absolute atomic E-state index is 0.0135. The van der Waals surface area contributed by atoms with Crippen molar-refractivity contribution in [3.8, 4) is 16.9 Å². The molecule has 0 aliphatic rings. The van der Waals surface area contributed by atoms with Gasteiger partial charge in [-0.3, -0.25) is 0 Å². The Bertz CT molecular complexity index is 1430. The molecule has 8 heteroatoms. The normalized spacial score (nSPS) is 11.5. The second kappa shape index (κ2) is 7.80. The summed E-state index contributed by atoms with van der Waals surface area (Å²) in [6, 6.07) is 10.8. The number of rotatable bonds is 5. The first-order valence-corrected chi connectivity index (χ1v) is 10.3. The fourth-order valence-electron chi connectivity index (χ4n) is 3.61. The largest absolute Gasteiger partial charge is 0.486 e. The average Bonchev–Trinajstić information content (AvgIpc) is 3.41. The van der Waals surface area contributed by atoms with Crippen molar-refractivity contribution in [1.82, 2.24) is 9.97 Å². The number of aromatic amines is 1. The Kier molecular flexibility index (Phi) is 4.96. The van der Waals surface area contributed by atoms with E-state index >= 15 is 0 Å². The molecule has 0 fully saturated rings. The Balaban J connectivity index is 1.46. The van der Waals surface area contributed by atoms with Crippen LogP contribution in [0.3, 0.4) is 0 Å². The molecule has 0 aliphatic carbocycles. The highest BCUT2D eigenvalue weighted by molar-refractivity contribution is 6.36. The molecule has 0 aliphatic heterocycles. The van der Waals surface area contributed by atoms with E-state index < -0.39 is 5.82 Å². The highest BCUT2D eigenvalue weighted by Gasteiger charge is 2.18. The van der Waals surface area contributed by atoms with Crippen LogP contribution in [0.15, 0.2) is 59.5 Å². The van der Waals surface area contributed by atoms with E-state index in [1.807, 2.05) is 30.5 Å². The molecule has 0 radical (unpaired) electrons. The fraction of sp³-hybridized carbons (Fsp3) is 0.0870. The molecule has 3 aromatic heterocycles. The van der Waals surface area contributed by atoms with Gasteiger partial charge in [-0.2, -0.15) is 0 Å². The third-order valence-corrected chi connectivity index (χ3v) is 5.97. The van der Waals surface area contributed by atoms with Crippen molar-refractivity contribution in [2.75, 3.05) is 12.3 Å². The van der Waals surface area contributed by atoms with Crippen LogP contribution in [0, 0.1) is 5.82 Å². The molecule has 5 rings (SSSR count). The molecule has 0 saturated heterocycles. The standard InChI is InChI=1S/C23H16Cl2FN3O2/c24-17-3-4-18(26)20(25)14(17)6-8-30-22-21-15(10-29-23(22)27)16(11-31-21)13-2-1-12-5-7-28-19(12)9-13/h1-5,7,9-11,28H,6,8H2,(H2,27,29). The lowest BCUT2D eigenvalue weighted by Crippen LogP contribution is -2.06. The molecule has 5 nitrogen and oxygen atoms in total. The highest BCUT2D eigenvalue weighted by atomic mass is 35.5. The topological polar surface area (TPSA) is 77.1 Å². The van der Waals surface area contributed by atoms with Crippen LogP contribution in [0.5, 0.6) is 5.75 Å². The van der Waals surface area contributed by atoms with Gasteiger partial charge in [0, 0.05) is 34.9 Å². The minimum Gasteiger partial charge on any atom is -0.486 e. The van der Waals surface area contributed by atoms with Crippen LogP contribution in [0.1, 0.15) is 5.56 Å². The molecule has 0 saturated carbocycles. The lowest BCUT2D eigenvalue weighted by Gasteiger charge is -2.11. The number of furan rings is 1. The monoisotopic (exact) mass is 455 g/mol. The van der Waals surface area contributed by atoms with Crippen molar-refractivity contribution >= 4 is 50.9 Å². The average molecular weight is 456 g/mol. The summed E-state index contributed by atoms with van der Waals surface area (Å²) in [5, 5.41) is 2.26. The minimum atomic E-state index is -0.529. The molecule has 0 bridgehead atoms. The third-order valence-electron chi connectivity index (χ3n) is 5.20. The summed E-state index contributed by atoms with van der Waals surface area (Å²) in [4.78, 5) is 7.47. The van der Waals surface area contributed by atoms with Gasteiger partial charge in [0.25, 0.3) is 0 Å². The van der Waals surface area contributed by atoms with E-state index in [-0.39, 0.29) is 17.4 Å². The number of pyridine rings is 1. The van der Waals surface area contributed by atoms with Crippen LogP contribution >= 0.6 is 23.2 Å². The van der Waals surface area contributed by atoms with Crippen molar-refractivity contribution in [1.29, 1.82) is 0 Å². The number of hydrogen-bond donors (Lipinski definition) is 2. The molecule has 3 N–H and O–H groups in total. The smallest absolute Gasteiger partial charge is 0.205 e. The van der Waals surface area contributed by atoms with Crippen LogP contribution in [-0.2, 0) is 6.42 Å². The van der Waals surface area contributed by atoms with Crippen LogP contribution < -0.4 is 10.5 Å². The van der Waals surface area contributed by atoms with Gasteiger partial charge in [0.15, 0.2) is 11.4 Å². The maximum absolute atomic E-state index is 13.7. The van der Waals surface area contributed by atoms with E-state index in [9.17, 15) is 4.39 Å². The van der Waals surface area contributed by atoms with E-state index in [0.29, 0.717) is 28.3 Å². The molecule has 3 heterocycles. The van der Waals surface area contributed by atoms with Crippen LogP contribution in [0.25, 0.3) is 33.0 Å². The van der Waals surface area contributed by atoms with Gasteiger partial charge in [-0.15, -0.1) is 0 Å². The number of benzene rings is 2. The quantitative estimate of drug-likeness (QED) is 0.291. The van der Waals surface area contributed by atoms with E-state index in [2.05, 4.69) is 9.97 Å². The van der Waals surface area contributed by atoms with E-state index in [1.54, 1.807) is 12.5 Å². The molecule has 156 valence electrons. The Morgan fingerprint density at radius 1 is 1.16 bits per heavy atom. The second-order valence-corrected chi connectivity index (χ2v) is 7.85. The van der Waals surface area contributed by atoms with Crippen molar-refractivity contribution in [2.24, 2.45) is 0 Å². The third kappa shape index (κ3) is 3.48. The summed E-state index contributed by atoms with van der Waals surface area (Å²) in [6.07, 6.45) is 5.51. The van der Waals surface area contributed by atoms with Gasteiger partial charge in [0.05, 0.1) is 23.3 Å². The number of nitrogens with one attached hydrogen (secondary N) is 1. The first-order chi connectivity index (χ1) is 15.0. The number of nitrogens with zero attached hydrogens (tertiary/aromatic N) is 1. The van der Waals surface area contributed by atoms with Crippen molar-refractivity contribution in [2.45, 2.75) is 6.42 Å². The molecule has 0 unspecified atom stereocenters. The molecule has 0 amide bonds. The Morgan fingerprint density at radius 3 is 2.90 bits per heavy atom. The molecule has 0 spiro atoms. The molecular weight excluding hydrogens is 440 g/mol. The Hall–Kier alpha value is -3.22. The summed E-state index contributed by atoms with van der Waals surface area (Å²) in [5.41, 5.74) is 9.89. The number of nitrogens with two attached hydrogens (primary N) is 1. The summed E-state index contributed by atoms with van der Waals surface area (Å²) >= 11 is 12.2. The summed E-state index contributed by atoms with van der Waals surface area (Å²) in [5.74, 6) is -0.00272. The van der Waals surface area contributed by atoms with Crippen LogP contribution in [0.2, 0.25) is 10.0 Å². The zero-order valence-corrected chi connectivity index (χ0v) is 17.6. The van der Waals surface area contributed by atoms with Crippen molar-refractivity contribution in [3.05, 3.63) is 76.5 Å². The number of aromatic nitrogens is 2. The lowest BCUT2D eigenvalue weighted by molar-refractivity contribution is 0.321. The van der Waals surface area contributed by atoms with E-state index in [4.69, 9.17) is 38.1 Å². The summed E-state index contributed by atoms with van der Waals surface area (Å²) in [6.45, 7) is 0.165. The number of nitrogen functional groups attached to an aromatic ring is 1. The van der Waals surface area contributed by atoms with Crippen LogP contribution in [0.4, 0.5) is 10.2 Å². The van der Waals surface area contributed by atoms with E-state index in [1.165, 1.54) is 12.1 Å². The van der Waals surface area contributed by atoms with Gasteiger partial charge in [-0.1, -0.05) is 35.3 Å². The molecule has 2 aromatic carbocycles. The van der Waals surface area contributed by atoms with Crippen molar-refractivity contribution < 1.29 is 13.5 Å². The number of H-pyrrole nitrogens is 1. The Labute approximate surface area is 186 Å². The van der Waals surface area contributed by atoms with Gasteiger partial charge in [0.2, 0.25) is 5.75 Å². The van der Waals surface area contributed by atoms with Gasteiger partial charge in [0.1, 0.15) is 5.82 Å². The highest BCUT2D eigenvalue weighted by Crippen LogP contribution is 2.38.